The molecule has 0 saturated heterocycles. The van der Waals surface area contributed by atoms with E-state index in [-0.39, 0.29) is 5.75 Å². The molecule has 30 heavy (non-hydrogen) atoms. The van der Waals surface area contributed by atoms with Gasteiger partial charge in [-0.05, 0) is 53.6 Å². The Morgan fingerprint density at radius 2 is 1.57 bits per heavy atom. The number of benzene rings is 3. The monoisotopic (exact) mass is 426 g/mol. The second-order valence-corrected chi connectivity index (χ2v) is 7.74. The number of fused-ring (bicyclic) bond motifs is 1. The summed E-state index contributed by atoms with van der Waals surface area (Å²) in [7, 11) is 0. The molecule has 1 heterocycles. The van der Waals surface area contributed by atoms with Crippen molar-refractivity contribution in [3.8, 4) is 5.75 Å². The number of halogens is 2. The maximum atomic E-state index is 13.9. The van der Waals surface area contributed by atoms with Gasteiger partial charge in [-0.25, -0.2) is 13.0 Å². The van der Waals surface area contributed by atoms with Crippen LogP contribution in [0.4, 0.5) is 8.78 Å². The molecule has 1 aliphatic heterocycles. The normalized spacial score (nSPS) is 16.6. The largest absolute Gasteiger partial charge is 0.456 e. The van der Waals surface area contributed by atoms with Crippen LogP contribution in [-0.2, 0) is 21.6 Å². The van der Waals surface area contributed by atoms with Crippen LogP contribution in [0.15, 0.2) is 66.7 Å². The fraction of sp³-hybridized carbons (Fsp3) is 0.0870. The van der Waals surface area contributed by atoms with E-state index in [9.17, 15) is 17.8 Å². The van der Waals surface area contributed by atoms with E-state index < -0.39 is 28.6 Å². The summed E-state index contributed by atoms with van der Waals surface area (Å²) in [5, 5.41) is 0. The molecule has 0 bridgehead atoms. The van der Waals surface area contributed by atoms with Crippen LogP contribution in [0.25, 0.3) is 11.3 Å². The Bertz CT molecular complexity index is 1150. The van der Waals surface area contributed by atoms with Crippen LogP contribution in [0.3, 0.4) is 0 Å². The molecule has 152 valence electrons. The molecule has 0 fully saturated rings. The van der Waals surface area contributed by atoms with Crippen molar-refractivity contribution < 1.29 is 27.1 Å². The van der Waals surface area contributed by atoms with Crippen molar-refractivity contribution in [2.45, 2.75) is 11.7 Å². The van der Waals surface area contributed by atoms with E-state index in [0.29, 0.717) is 39.3 Å². The standard InChI is InChI=1S/C23H16F2O4S/c24-17-7-5-16(6-8-17)23-22(15-3-1-14(2-4-15)13-30(27)28)20(12-26)19-11-18(25)9-10-21(19)29-23/h1-12,20H,13H2,(H,27,28). The lowest BCUT2D eigenvalue weighted by Crippen LogP contribution is -2.16. The van der Waals surface area contributed by atoms with E-state index in [2.05, 4.69) is 0 Å². The first-order valence-electron chi connectivity index (χ1n) is 9.05. The predicted molar refractivity (Wildman–Crippen MR) is 110 cm³/mol. The Balaban J connectivity index is 1.90. The van der Waals surface area contributed by atoms with Crippen molar-refractivity contribution in [2.75, 3.05) is 0 Å². The van der Waals surface area contributed by atoms with Gasteiger partial charge in [0.05, 0.1) is 11.7 Å². The van der Waals surface area contributed by atoms with Gasteiger partial charge in [0.2, 0.25) is 0 Å². The smallest absolute Gasteiger partial charge is 0.157 e. The molecule has 0 radical (unpaired) electrons. The molecule has 7 heteroatoms. The first-order valence-corrected chi connectivity index (χ1v) is 10.3. The topological polar surface area (TPSA) is 63.6 Å². The zero-order valence-electron chi connectivity index (χ0n) is 15.5. The second-order valence-electron chi connectivity index (χ2n) is 6.81. The van der Waals surface area contributed by atoms with Crippen molar-refractivity contribution in [1.29, 1.82) is 0 Å². The summed E-state index contributed by atoms with van der Waals surface area (Å²) in [4.78, 5) is 12.1. The minimum atomic E-state index is -1.98. The molecule has 0 saturated carbocycles. The Labute approximate surface area is 174 Å². The van der Waals surface area contributed by atoms with E-state index in [1.54, 1.807) is 36.4 Å². The van der Waals surface area contributed by atoms with Crippen LogP contribution in [0.1, 0.15) is 28.2 Å². The molecule has 0 amide bonds. The number of aldehydes is 1. The number of carbonyl (C=O) groups excluding carboxylic acids is 1. The molecule has 4 nitrogen and oxygen atoms in total. The SMILES string of the molecule is O=CC1C(c2ccc(CS(=O)O)cc2)=C(c2ccc(F)cc2)Oc2ccc(F)cc21. The molecule has 2 atom stereocenters. The molecule has 4 rings (SSSR count). The highest BCUT2D eigenvalue weighted by Crippen LogP contribution is 2.46. The summed E-state index contributed by atoms with van der Waals surface area (Å²) in [5.41, 5.74) is 2.75. The minimum Gasteiger partial charge on any atom is -0.456 e. The van der Waals surface area contributed by atoms with Gasteiger partial charge < -0.3 is 14.1 Å². The Hall–Kier alpha value is -3.16. The summed E-state index contributed by atoms with van der Waals surface area (Å²) in [6.07, 6.45) is 0.719. The van der Waals surface area contributed by atoms with Gasteiger partial charge in [0, 0.05) is 16.7 Å². The maximum absolute atomic E-state index is 13.9. The molecule has 3 aromatic rings. The van der Waals surface area contributed by atoms with Gasteiger partial charge in [0.1, 0.15) is 29.4 Å². The molecule has 1 N–H and O–H groups in total. The highest BCUT2D eigenvalue weighted by atomic mass is 32.2. The van der Waals surface area contributed by atoms with E-state index in [1.807, 2.05) is 0 Å². The first-order chi connectivity index (χ1) is 14.5. The van der Waals surface area contributed by atoms with Gasteiger partial charge >= 0.3 is 0 Å². The third-order valence-corrected chi connectivity index (χ3v) is 5.45. The summed E-state index contributed by atoms with van der Waals surface area (Å²) >= 11 is -1.98. The average molecular weight is 426 g/mol. The van der Waals surface area contributed by atoms with Crippen LogP contribution in [0.5, 0.6) is 5.75 Å². The lowest BCUT2D eigenvalue weighted by atomic mass is 9.83. The van der Waals surface area contributed by atoms with Gasteiger partial charge in [0.25, 0.3) is 0 Å². The van der Waals surface area contributed by atoms with Crippen molar-refractivity contribution >= 4 is 28.7 Å². The Morgan fingerprint density at radius 1 is 0.933 bits per heavy atom. The summed E-state index contributed by atoms with van der Waals surface area (Å²) in [6, 6.07) is 16.4. The van der Waals surface area contributed by atoms with Crippen LogP contribution in [-0.4, -0.2) is 15.0 Å². The Morgan fingerprint density at radius 3 is 2.20 bits per heavy atom. The number of rotatable bonds is 5. The molecule has 1 aliphatic rings. The predicted octanol–water partition coefficient (Wildman–Crippen LogP) is 4.93. The van der Waals surface area contributed by atoms with Crippen molar-refractivity contribution in [3.05, 3.63) is 101 Å². The maximum Gasteiger partial charge on any atom is 0.157 e. The summed E-state index contributed by atoms with van der Waals surface area (Å²) in [6.45, 7) is 0. The Kier molecular flexibility index (Phi) is 5.57. The van der Waals surface area contributed by atoms with Crippen LogP contribution < -0.4 is 4.74 Å². The van der Waals surface area contributed by atoms with Crippen molar-refractivity contribution in [1.82, 2.24) is 0 Å². The molecular weight excluding hydrogens is 410 g/mol. The summed E-state index contributed by atoms with van der Waals surface area (Å²) < 4.78 is 53.5. The van der Waals surface area contributed by atoms with Gasteiger partial charge in [-0.3, -0.25) is 0 Å². The first kappa shape index (κ1) is 20.1. The van der Waals surface area contributed by atoms with E-state index in [0.717, 1.165) is 6.29 Å². The summed E-state index contributed by atoms with van der Waals surface area (Å²) in [5.74, 6) is -1.01. The number of allylic oxidation sites excluding steroid dienone is 1. The van der Waals surface area contributed by atoms with Gasteiger partial charge in [0.15, 0.2) is 11.1 Å². The number of hydrogen-bond acceptors (Lipinski definition) is 3. The molecule has 0 spiro atoms. The highest BCUT2D eigenvalue weighted by molar-refractivity contribution is 7.78. The molecule has 2 unspecified atom stereocenters. The van der Waals surface area contributed by atoms with Gasteiger partial charge in [-0.1, -0.05) is 24.3 Å². The van der Waals surface area contributed by atoms with E-state index >= 15 is 0 Å². The van der Waals surface area contributed by atoms with E-state index in [1.165, 1.54) is 30.3 Å². The second kappa shape index (κ2) is 8.30. The molecular formula is C23H16F2O4S. The van der Waals surface area contributed by atoms with Crippen molar-refractivity contribution in [3.63, 3.8) is 0 Å². The van der Waals surface area contributed by atoms with E-state index in [4.69, 9.17) is 9.29 Å². The fourth-order valence-corrected chi connectivity index (χ4v) is 3.99. The fourth-order valence-electron chi connectivity index (χ4n) is 3.51. The molecule has 3 aromatic carbocycles. The van der Waals surface area contributed by atoms with Gasteiger partial charge in [-0.2, -0.15) is 0 Å². The van der Waals surface area contributed by atoms with Crippen LogP contribution in [0.2, 0.25) is 0 Å². The minimum absolute atomic E-state index is 0.0220. The highest BCUT2D eigenvalue weighted by Gasteiger charge is 2.31. The molecule has 0 aromatic heterocycles. The van der Waals surface area contributed by atoms with Crippen LogP contribution >= 0.6 is 0 Å². The number of hydrogen-bond donors (Lipinski definition) is 1. The average Bonchev–Trinajstić information content (AvgIpc) is 2.73. The lowest BCUT2D eigenvalue weighted by molar-refractivity contribution is -0.108. The van der Waals surface area contributed by atoms with Gasteiger partial charge in [-0.15, -0.1) is 0 Å². The third-order valence-electron chi connectivity index (χ3n) is 4.87. The lowest BCUT2D eigenvalue weighted by Gasteiger charge is -2.28. The van der Waals surface area contributed by atoms with Crippen LogP contribution in [0, 0.1) is 11.6 Å². The quantitative estimate of drug-likeness (QED) is 0.464. The third kappa shape index (κ3) is 3.94. The molecule has 0 aliphatic carbocycles. The number of ether oxygens (including phenoxy) is 1. The zero-order chi connectivity index (χ0) is 21.3. The van der Waals surface area contributed by atoms with Crippen molar-refractivity contribution in [2.24, 2.45) is 0 Å². The number of carbonyl (C=O) groups is 1. The zero-order valence-corrected chi connectivity index (χ0v) is 16.4.